The number of carbonyl (C=O) groups is 1. The summed E-state index contributed by atoms with van der Waals surface area (Å²) < 4.78 is 6.24. The first-order valence-corrected chi connectivity index (χ1v) is 7.26. The first-order valence-electron chi connectivity index (χ1n) is 6.47. The molecule has 4 nitrogen and oxygen atoms in total. The van der Waals surface area contributed by atoms with Gasteiger partial charge in [-0.3, -0.25) is 4.98 Å². The van der Waals surface area contributed by atoms with Gasteiger partial charge >= 0.3 is 5.97 Å². The Balaban J connectivity index is 2.30. The normalized spacial score (nSPS) is 18.0. The van der Waals surface area contributed by atoms with Crippen LogP contribution in [-0.2, 0) is 17.6 Å². The molecule has 5 heteroatoms. The van der Waals surface area contributed by atoms with Gasteiger partial charge in [0.05, 0.1) is 17.2 Å². The lowest BCUT2D eigenvalue weighted by Gasteiger charge is -2.25. The Labute approximate surface area is 124 Å². The van der Waals surface area contributed by atoms with Crippen molar-refractivity contribution >= 4 is 32.8 Å². The number of ether oxygens (including phenoxy) is 1. The molecule has 1 heterocycles. The summed E-state index contributed by atoms with van der Waals surface area (Å²) in [5.41, 5.74) is 2.82. The standard InChI is InChI=1S/C15H14BrNO3/c1-20-9-3-5-13-11(7-9)14(15(18)19)10-6-8(16)2-4-12(10)17-13/h2,4,6,9H,3,5,7H2,1H3,(H,18,19). The number of hydrogen-bond acceptors (Lipinski definition) is 3. The second-order valence-electron chi connectivity index (χ2n) is 4.98. The van der Waals surface area contributed by atoms with E-state index in [-0.39, 0.29) is 6.10 Å². The molecule has 1 atom stereocenters. The molecular weight excluding hydrogens is 322 g/mol. The molecule has 0 amide bonds. The molecule has 0 saturated carbocycles. The third-order valence-corrected chi connectivity index (χ3v) is 4.31. The molecule has 0 spiro atoms. The molecule has 0 saturated heterocycles. The average molecular weight is 336 g/mol. The van der Waals surface area contributed by atoms with Crippen LogP contribution in [0.25, 0.3) is 10.9 Å². The predicted octanol–water partition coefficient (Wildman–Crippen LogP) is 3.20. The highest BCUT2D eigenvalue weighted by Gasteiger charge is 2.26. The van der Waals surface area contributed by atoms with Crippen molar-refractivity contribution in [2.75, 3.05) is 7.11 Å². The Bertz CT molecular complexity index is 699. The molecule has 2 aromatic rings. The molecule has 20 heavy (non-hydrogen) atoms. The quantitative estimate of drug-likeness (QED) is 0.915. The van der Waals surface area contributed by atoms with Gasteiger partial charge in [0.15, 0.2) is 0 Å². The molecule has 0 radical (unpaired) electrons. The molecule has 1 aromatic heterocycles. The Morgan fingerprint density at radius 2 is 2.30 bits per heavy atom. The minimum Gasteiger partial charge on any atom is -0.478 e. The fourth-order valence-corrected chi connectivity index (χ4v) is 3.19. The number of fused-ring (bicyclic) bond motifs is 2. The van der Waals surface area contributed by atoms with E-state index in [9.17, 15) is 9.90 Å². The van der Waals surface area contributed by atoms with E-state index in [1.54, 1.807) is 7.11 Å². The lowest BCUT2D eigenvalue weighted by molar-refractivity contribution is 0.0690. The minimum atomic E-state index is -0.900. The van der Waals surface area contributed by atoms with Gasteiger partial charge in [0, 0.05) is 29.1 Å². The van der Waals surface area contributed by atoms with Crippen molar-refractivity contribution in [1.29, 1.82) is 0 Å². The second kappa shape index (κ2) is 5.14. The number of nitrogens with zero attached hydrogens (tertiary/aromatic N) is 1. The van der Waals surface area contributed by atoms with Gasteiger partial charge in [0.25, 0.3) is 0 Å². The Morgan fingerprint density at radius 3 is 3.00 bits per heavy atom. The molecule has 1 N–H and O–H groups in total. The highest BCUT2D eigenvalue weighted by molar-refractivity contribution is 9.10. The molecular formula is C15H14BrNO3. The molecule has 0 bridgehead atoms. The van der Waals surface area contributed by atoms with Gasteiger partial charge in [-0.05, 0) is 36.6 Å². The van der Waals surface area contributed by atoms with E-state index < -0.39 is 5.97 Å². The highest BCUT2D eigenvalue weighted by Crippen LogP contribution is 2.31. The lowest BCUT2D eigenvalue weighted by Crippen LogP contribution is -2.24. The first kappa shape index (κ1) is 13.5. The number of carboxylic acid groups (broad SMARTS) is 1. The maximum absolute atomic E-state index is 11.7. The predicted molar refractivity (Wildman–Crippen MR) is 79.2 cm³/mol. The van der Waals surface area contributed by atoms with Crippen LogP contribution >= 0.6 is 15.9 Å². The van der Waals surface area contributed by atoms with Gasteiger partial charge in [-0.15, -0.1) is 0 Å². The van der Waals surface area contributed by atoms with Crippen LogP contribution in [0, 0.1) is 0 Å². The van der Waals surface area contributed by atoms with Crippen LogP contribution in [0.2, 0.25) is 0 Å². The molecule has 1 aliphatic rings. The van der Waals surface area contributed by atoms with E-state index in [0.717, 1.165) is 34.1 Å². The molecule has 1 aliphatic carbocycles. The number of halogens is 1. The molecule has 1 unspecified atom stereocenters. The molecule has 0 aliphatic heterocycles. The van der Waals surface area contributed by atoms with E-state index in [0.29, 0.717) is 17.4 Å². The zero-order chi connectivity index (χ0) is 14.3. The Morgan fingerprint density at radius 1 is 1.50 bits per heavy atom. The van der Waals surface area contributed by atoms with Gasteiger partial charge in [0.1, 0.15) is 0 Å². The second-order valence-corrected chi connectivity index (χ2v) is 5.89. The van der Waals surface area contributed by atoms with Crippen molar-refractivity contribution in [3.63, 3.8) is 0 Å². The van der Waals surface area contributed by atoms with Crippen molar-refractivity contribution in [1.82, 2.24) is 4.98 Å². The summed E-state index contributed by atoms with van der Waals surface area (Å²) in [5.74, 6) is -0.900. The maximum atomic E-state index is 11.7. The number of methoxy groups -OCH3 is 1. The van der Waals surface area contributed by atoms with Crippen molar-refractivity contribution in [2.45, 2.75) is 25.4 Å². The van der Waals surface area contributed by atoms with Gasteiger partial charge in [-0.25, -0.2) is 4.79 Å². The summed E-state index contributed by atoms with van der Waals surface area (Å²) in [5, 5.41) is 10.3. The van der Waals surface area contributed by atoms with E-state index in [4.69, 9.17) is 4.74 Å². The minimum absolute atomic E-state index is 0.0759. The van der Waals surface area contributed by atoms with Crippen LogP contribution in [0.1, 0.15) is 28.0 Å². The zero-order valence-electron chi connectivity index (χ0n) is 11.0. The molecule has 3 rings (SSSR count). The summed E-state index contributed by atoms with van der Waals surface area (Å²) in [7, 11) is 1.67. The van der Waals surface area contributed by atoms with E-state index in [1.807, 2.05) is 18.2 Å². The van der Waals surface area contributed by atoms with Crippen LogP contribution in [0.4, 0.5) is 0 Å². The summed E-state index contributed by atoms with van der Waals surface area (Å²) in [6, 6.07) is 5.56. The number of aromatic nitrogens is 1. The Hall–Kier alpha value is -1.46. The van der Waals surface area contributed by atoms with Crippen LogP contribution in [0.3, 0.4) is 0 Å². The smallest absolute Gasteiger partial charge is 0.336 e. The Kier molecular flexibility index (Phi) is 3.48. The number of benzene rings is 1. The van der Waals surface area contributed by atoms with Crippen LogP contribution in [-0.4, -0.2) is 29.3 Å². The van der Waals surface area contributed by atoms with E-state index in [1.165, 1.54) is 0 Å². The van der Waals surface area contributed by atoms with Gasteiger partial charge in [-0.1, -0.05) is 15.9 Å². The summed E-state index contributed by atoms with van der Waals surface area (Å²) >= 11 is 3.39. The van der Waals surface area contributed by atoms with Crippen LogP contribution < -0.4 is 0 Å². The molecule has 104 valence electrons. The monoisotopic (exact) mass is 335 g/mol. The molecule has 0 fully saturated rings. The van der Waals surface area contributed by atoms with Crippen LogP contribution in [0.15, 0.2) is 22.7 Å². The summed E-state index contributed by atoms with van der Waals surface area (Å²) in [6.07, 6.45) is 2.34. The van der Waals surface area contributed by atoms with Gasteiger partial charge in [0.2, 0.25) is 0 Å². The van der Waals surface area contributed by atoms with Crippen molar-refractivity contribution in [3.05, 3.63) is 39.5 Å². The van der Waals surface area contributed by atoms with Crippen molar-refractivity contribution in [3.8, 4) is 0 Å². The number of hydrogen-bond donors (Lipinski definition) is 1. The zero-order valence-corrected chi connectivity index (χ0v) is 12.6. The average Bonchev–Trinajstić information content (AvgIpc) is 2.43. The largest absolute Gasteiger partial charge is 0.478 e. The highest BCUT2D eigenvalue weighted by atomic mass is 79.9. The van der Waals surface area contributed by atoms with Gasteiger partial charge < -0.3 is 9.84 Å². The van der Waals surface area contributed by atoms with E-state index in [2.05, 4.69) is 20.9 Å². The number of aromatic carboxylic acids is 1. The number of carboxylic acids is 1. The number of rotatable bonds is 2. The lowest BCUT2D eigenvalue weighted by atomic mass is 9.88. The maximum Gasteiger partial charge on any atom is 0.336 e. The third-order valence-electron chi connectivity index (χ3n) is 3.82. The van der Waals surface area contributed by atoms with Crippen LogP contribution in [0.5, 0.6) is 0 Å². The van der Waals surface area contributed by atoms with Crippen molar-refractivity contribution in [2.24, 2.45) is 0 Å². The summed E-state index contributed by atoms with van der Waals surface area (Å²) in [6.45, 7) is 0. The topological polar surface area (TPSA) is 59.4 Å². The fourth-order valence-electron chi connectivity index (χ4n) is 2.83. The molecule has 1 aromatic carbocycles. The SMILES string of the molecule is COC1CCc2nc3ccc(Br)cc3c(C(=O)O)c2C1. The number of pyridine rings is 1. The van der Waals surface area contributed by atoms with E-state index >= 15 is 0 Å². The first-order chi connectivity index (χ1) is 9.60. The summed E-state index contributed by atoms with van der Waals surface area (Å²) in [4.78, 5) is 16.3. The third kappa shape index (κ3) is 2.21. The number of aryl methyl sites for hydroxylation is 1. The van der Waals surface area contributed by atoms with Crippen molar-refractivity contribution < 1.29 is 14.6 Å². The van der Waals surface area contributed by atoms with Gasteiger partial charge in [-0.2, -0.15) is 0 Å². The fraction of sp³-hybridized carbons (Fsp3) is 0.333.